The van der Waals surface area contributed by atoms with Crippen molar-refractivity contribution in [3.8, 4) is 0 Å². The SMILES string of the molecule is O=C(CBr)c1cc2cc(Br)cc(Br)c2oc1=O. The van der Waals surface area contributed by atoms with Crippen molar-refractivity contribution < 1.29 is 9.21 Å². The third kappa shape index (κ3) is 2.53. The Kier molecular flexibility index (Phi) is 3.85. The Labute approximate surface area is 122 Å². The molecule has 2 rings (SSSR count). The van der Waals surface area contributed by atoms with Crippen molar-refractivity contribution in [1.82, 2.24) is 0 Å². The molecule has 0 N–H and O–H groups in total. The molecule has 0 amide bonds. The Bertz CT molecular complexity index is 661. The van der Waals surface area contributed by atoms with Gasteiger partial charge in [0, 0.05) is 9.86 Å². The van der Waals surface area contributed by atoms with Gasteiger partial charge in [-0.2, -0.15) is 0 Å². The highest BCUT2D eigenvalue weighted by atomic mass is 79.9. The lowest BCUT2D eigenvalue weighted by Gasteiger charge is -2.02. The van der Waals surface area contributed by atoms with Crippen molar-refractivity contribution in [3.63, 3.8) is 0 Å². The number of halogens is 3. The zero-order chi connectivity index (χ0) is 12.6. The predicted molar refractivity (Wildman–Crippen MR) is 76.0 cm³/mol. The quantitative estimate of drug-likeness (QED) is 0.417. The molecule has 0 bridgehead atoms. The molecule has 0 fully saturated rings. The molecule has 0 atom stereocenters. The van der Waals surface area contributed by atoms with Gasteiger partial charge in [-0.1, -0.05) is 31.9 Å². The average molecular weight is 425 g/mol. The minimum Gasteiger partial charge on any atom is -0.421 e. The van der Waals surface area contributed by atoms with E-state index in [1.54, 1.807) is 18.2 Å². The molecule has 0 saturated heterocycles. The number of fused-ring (bicyclic) bond motifs is 1. The van der Waals surface area contributed by atoms with Crippen LogP contribution in [0.15, 0.2) is 36.4 Å². The summed E-state index contributed by atoms with van der Waals surface area (Å²) in [7, 11) is 0. The van der Waals surface area contributed by atoms with Crippen LogP contribution in [0.3, 0.4) is 0 Å². The molecular weight excluding hydrogens is 420 g/mol. The molecule has 6 heteroatoms. The van der Waals surface area contributed by atoms with Gasteiger partial charge in [0.25, 0.3) is 0 Å². The lowest BCUT2D eigenvalue weighted by atomic mass is 10.1. The monoisotopic (exact) mass is 422 g/mol. The summed E-state index contributed by atoms with van der Waals surface area (Å²) in [4.78, 5) is 23.1. The van der Waals surface area contributed by atoms with E-state index in [1.165, 1.54) is 0 Å². The lowest BCUT2D eigenvalue weighted by Crippen LogP contribution is -2.14. The number of alkyl halides is 1. The number of benzene rings is 1. The van der Waals surface area contributed by atoms with Gasteiger partial charge in [-0.3, -0.25) is 4.79 Å². The number of carbonyl (C=O) groups excluding carboxylic acids is 1. The van der Waals surface area contributed by atoms with Gasteiger partial charge in [0.05, 0.1) is 9.80 Å². The van der Waals surface area contributed by atoms with E-state index < -0.39 is 5.63 Å². The van der Waals surface area contributed by atoms with Crippen LogP contribution in [-0.4, -0.2) is 11.1 Å². The van der Waals surface area contributed by atoms with E-state index in [1.807, 2.05) is 0 Å². The normalized spacial score (nSPS) is 10.8. The van der Waals surface area contributed by atoms with E-state index in [4.69, 9.17) is 4.42 Å². The molecule has 3 nitrogen and oxygen atoms in total. The molecule has 0 unspecified atom stereocenters. The molecule has 0 aliphatic rings. The Morgan fingerprint density at radius 1 is 1.24 bits per heavy atom. The molecule has 1 heterocycles. The summed E-state index contributed by atoms with van der Waals surface area (Å²) in [5.41, 5.74) is -0.131. The minimum absolute atomic E-state index is 0.0550. The molecule has 88 valence electrons. The zero-order valence-electron chi connectivity index (χ0n) is 8.30. The maximum Gasteiger partial charge on any atom is 0.347 e. The van der Waals surface area contributed by atoms with Crippen molar-refractivity contribution in [2.75, 3.05) is 5.33 Å². The summed E-state index contributed by atoms with van der Waals surface area (Å²) < 4.78 is 6.64. The molecule has 0 aliphatic carbocycles. The van der Waals surface area contributed by atoms with E-state index in [9.17, 15) is 9.59 Å². The standard InChI is InChI=1S/C11H5Br3O3/c12-4-9(15)7-2-5-1-6(13)3-8(14)10(5)17-11(7)16/h1-3H,4H2. The third-order valence-corrected chi connectivity index (χ3v) is 3.73. The fraction of sp³-hybridized carbons (Fsp3) is 0.0909. The van der Waals surface area contributed by atoms with Gasteiger partial charge in [-0.15, -0.1) is 0 Å². The molecule has 0 aliphatic heterocycles. The zero-order valence-corrected chi connectivity index (χ0v) is 13.1. The maximum absolute atomic E-state index is 11.6. The van der Waals surface area contributed by atoms with Gasteiger partial charge in [-0.25, -0.2) is 4.79 Å². The Morgan fingerprint density at radius 3 is 2.59 bits per heavy atom. The van der Waals surface area contributed by atoms with Gasteiger partial charge in [0.2, 0.25) is 0 Å². The van der Waals surface area contributed by atoms with Gasteiger partial charge in [0.1, 0.15) is 5.56 Å². The van der Waals surface area contributed by atoms with E-state index in [2.05, 4.69) is 47.8 Å². The highest BCUT2D eigenvalue weighted by Gasteiger charge is 2.14. The van der Waals surface area contributed by atoms with Crippen LogP contribution in [0.1, 0.15) is 10.4 Å². The first-order valence-electron chi connectivity index (χ1n) is 4.55. The van der Waals surface area contributed by atoms with Gasteiger partial charge < -0.3 is 4.42 Å². The molecular formula is C11H5Br3O3. The van der Waals surface area contributed by atoms with Crippen molar-refractivity contribution in [2.24, 2.45) is 0 Å². The Morgan fingerprint density at radius 2 is 1.94 bits per heavy atom. The van der Waals surface area contributed by atoms with Crippen LogP contribution in [0.4, 0.5) is 0 Å². The minimum atomic E-state index is -0.620. The first-order chi connectivity index (χ1) is 8.02. The largest absolute Gasteiger partial charge is 0.421 e. The molecule has 2 aromatic rings. The number of Topliss-reactive ketones (excluding diaryl/α,β-unsaturated/α-hetero) is 1. The Hall–Kier alpha value is -0.460. The second-order valence-electron chi connectivity index (χ2n) is 3.31. The summed E-state index contributed by atoms with van der Waals surface area (Å²) in [5, 5.41) is 0.786. The van der Waals surface area contributed by atoms with Crippen LogP contribution in [-0.2, 0) is 0 Å². The summed E-state index contributed by atoms with van der Waals surface area (Å²) >= 11 is 9.67. The molecule has 17 heavy (non-hydrogen) atoms. The number of rotatable bonds is 2. The molecule has 1 aromatic heterocycles. The molecule has 0 radical (unpaired) electrons. The highest BCUT2D eigenvalue weighted by Crippen LogP contribution is 2.28. The summed E-state index contributed by atoms with van der Waals surface area (Å²) in [6, 6.07) is 5.10. The summed E-state index contributed by atoms with van der Waals surface area (Å²) in [6.07, 6.45) is 0. The van der Waals surface area contributed by atoms with Crippen molar-refractivity contribution in [3.05, 3.63) is 43.1 Å². The topological polar surface area (TPSA) is 47.3 Å². The fourth-order valence-electron chi connectivity index (χ4n) is 1.42. The van der Waals surface area contributed by atoms with Crippen LogP contribution in [0, 0.1) is 0 Å². The summed E-state index contributed by atoms with van der Waals surface area (Å²) in [5.74, 6) is -0.295. The molecule has 1 aromatic carbocycles. The predicted octanol–water partition coefficient (Wildman–Crippen LogP) is 3.90. The van der Waals surface area contributed by atoms with Crippen molar-refractivity contribution in [1.29, 1.82) is 0 Å². The molecule has 0 spiro atoms. The first kappa shape index (κ1) is 13.0. The maximum atomic E-state index is 11.6. The molecule has 0 saturated carbocycles. The second-order valence-corrected chi connectivity index (χ2v) is 5.64. The number of carbonyl (C=O) groups is 1. The van der Waals surface area contributed by atoms with E-state index in [-0.39, 0.29) is 16.7 Å². The van der Waals surface area contributed by atoms with Gasteiger partial charge in [0.15, 0.2) is 11.4 Å². The van der Waals surface area contributed by atoms with Crippen LogP contribution in [0.25, 0.3) is 11.0 Å². The second kappa shape index (κ2) is 5.04. The van der Waals surface area contributed by atoms with E-state index in [0.717, 1.165) is 4.47 Å². The van der Waals surface area contributed by atoms with E-state index in [0.29, 0.717) is 15.4 Å². The van der Waals surface area contributed by atoms with Crippen molar-refractivity contribution in [2.45, 2.75) is 0 Å². The van der Waals surface area contributed by atoms with Crippen LogP contribution in [0.2, 0.25) is 0 Å². The van der Waals surface area contributed by atoms with Crippen molar-refractivity contribution >= 4 is 64.5 Å². The lowest BCUT2D eigenvalue weighted by molar-refractivity contribution is 0.102. The number of hydrogen-bond donors (Lipinski definition) is 0. The highest BCUT2D eigenvalue weighted by molar-refractivity contribution is 9.11. The fourth-order valence-corrected chi connectivity index (χ4v) is 3.06. The first-order valence-corrected chi connectivity index (χ1v) is 7.25. The number of ketones is 1. The third-order valence-electron chi connectivity index (χ3n) is 2.17. The van der Waals surface area contributed by atoms with Gasteiger partial charge in [-0.05, 0) is 34.1 Å². The number of hydrogen-bond acceptors (Lipinski definition) is 3. The average Bonchev–Trinajstić information content (AvgIpc) is 2.28. The van der Waals surface area contributed by atoms with Crippen LogP contribution in [0.5, 0.6) is 0 Å². The Balaban J connectivity index is 2.81. The smallest absolute Gasteiger partial charge is 0.347 e. The van der Waals surface area contributed by atoms with Crippen LogP contribution < -0.4 is 5.63 Å². The van der Waals surface area contributed by atoms with Crippen LogP contribution >= 0.6 is 47.8 Å². The summed E-state index contributed by atoms with van der Waals surface area (Å²) in [6.45, 7) is 0. The van der Waals surface area contributed by atoms with Gasteiger partial charge >= 0.3 is 5.63 Å². The van der Waals surface area contributed by atoms with E-state index >= 15 is 0 Å².